The molecular weight excluding hydrogens is 224 g/mol. The lowest BCUT2D eigenvalue weighted by Gasteiger charge is -2.39. The Morgan fingerprint density at radius 1 is 1.17 bits per heavy atom. The van der Waals surface area contributed by atoms with Gasteiger partial charge in [-0.25, -0.2) is 0 Å². The molecule has 0 aromatic heterocycles. The van der Waals surface area contributed by atoms with Crippen LogP contribution in [0.2, 0.25) is 0 Å². The second-order valence-electron chi connectivity index (χ2n) is 6.10. The zero-order valence-corrected chi connectivity index (χ0v) is 12.2. The standard InChI is InChI=1S/C15H30N2O/c1-16-15(8-4-3-5-9-15)10-11-17(12-13-18-2)14-6-7-14/h14,16H,3-13H2,1-2H3. The highest BCUT2D eigenvalue weighted by atomic mass is 16.5. The van der Waals surface area contributed by atoms with Crippen molar-refractivity contribution in [1.82, 2.24) is 10.2 Å². The molecular formula is C15H30N2O. The largest absolute Gasteiger partial charge is 0.383 e. The summed E-state index contributed by atoms with van der Waals surface area (Å²) in [7, 11) is 3.96. The van der Waals surface area contributed by atoms with E-state index >= 15 is 0 Å². The average molecular weight is 254 g/mol. The molecule has 0 aromatic carbocycles. The number of nitrogens with zero attached hydrogens (tertiary/aromatic N) is 1. The first-order valence-corrected chi connectivity index (χ1v) is 7.71. The smallest absolute Gasteiger partial charge is 0.0589 e. The second kappa shape index (κ2) is 6.88. The Morgan fingerprint density at radius 2 is 1.89 bits per heavy atom. The van der Waals surface area contributed by atoms with Crippen LogP contribution in [0.3, 0.4) is 0 Å². The van der Waals surface area contributed by atoms with Crippen molar-refractivity contribution >= 4 is 0 Å². The highest BCUT2D eigenvalue weighted by molar-refractivity contribution is 4.92. The first kappa shape index (κ1) is 14.3. The maximum Gasteiger partial charge on any atom is 0.0589 e. The number of rotatable bonds is 8. The lowest BCUT2D eigenvalue weighted by molar-refractivity contribution is 0.126. The molecule has 0 aliphatic heterocycles. The summed E-state index contributed by atoms with van der Waals surface area (Å²) in [5.74, 6) is 0. The molecule has 2 fully saturated rings. The Labute approximate surface area is 112 Å². The van der Waals surface area contributed by atoms with Crippen molar-refractivity contribution in [3.05, 3.63) is 0 Å². The van der Waals surface area contributed by atoms with Crippen LogP contribution in [0.4, 0.5) is 0 Å². The summed E-state index contributed by atoms with van der Waals surface area (Å²) in [4.78, 5) is 2.65. The minimum atomic E-state index is 0.429. The van der Waals surface area contributed by atoms with E-state index in [1.165, 1.54) is 57.9 Å². The van der Waals surface area contributed by atoms with Crippen LogP contribution in [0.1, 0.15) is 51.4 Å². The zero-order chi connectivity index (χ0) is 12.8. The number of hydrogen-bond donors (Lipinski definition) is 1. The van der Waals surface area contributed by atoms with Gasteiger partial charge in [-0.3, -0.25) is 4.90 Å². The van der Waals surface area contributed by atoms with E-state index in [1.807, 2.05) is 0 Å². The third kappa shape index (κ3) is 3.94. The van der Waals surface area contributed by atoms with Crippen LogP contribution >= 0.6 is 0 Å². The van der Waals surface area contributed by atoms with Crippen molar-refractivity contribution in [2.24, 2.45) is 0 Å². The van der Waals surface area contributed by atoms with Crippen molar-refractivity contribution < 1.29 is 4.74 Å². The second-order valence-corrected chi connectivity index (χ2v) is 6.10. The highest BCUT2D eigenvalue weighted by Crippen LogP contribution is 2.33. The van der Waals surface area contributed by atoms with Crippen LogP contribution in [0.15, 0.2) is 0 Å². The topological polar surface area (TPSA) is 24.5 Å². The molecule has 0 atom stereocenters. The molecule has 0 radical (unpaired) electrons. The third-order valence-electron chi connectivity index (χ3n) is 4.86. The summed E-state index contributed by atoms with van der Waals surface area (Å²) >= 11 is 0. The molecule has 3 nitrogen and oxygen atoms in total. The monoisotopic (exact) mass is 254 g/mol. The molecule has 0 saturated heterocycles. The first-order chi connectivity index (χ1) is 8.79. The molecule has 0 unspecified atom stereocenters. The van der Waals surface area contributed by atoms with E-state index in [1.54, 1.807) is 7.11 Å². The number of hydrogen-bond acceptors (Lipinski definition) is 3. The van der Waals surface area contributed by atoms with E-state index in [4.69, 9.17) is 4.74 Å². The minimum absolute atomic E-state index is 0.429. The first-order valence-electron chi connectivity index (χ1n) is 7.71. The van der Waals surface area contributed by atoms with Gasteiger partial charge in [-0.05, 0) is 39.2 Å². The van der Waals surface area contributed by atoms with Crippen molar-refractivity contribution in [2.75, 3.05) is 33.9 Å². The van der Waals surface area contributed by atoms with Gasteiger partial charge in [0.2, 0.25) is 0 Å². The van der Waals surface area contributed by atoms with Gasteiger partial charge in [0, 0.05) is 31.8 Å². The molecule has 1 N–H and O–H groups in total. The van der Waals surface area contributed by atoms with Crippen molar-refractivity contribution in [2.45, 2.75) is 62.9 Å². The third-order valence-corrected chi connectivity index (χ3v) is 4.86. The van der Waals surface area contributed by atoms with Gasteiger partial charge in [0.05, 0.1) is 6.61 Å². The van der Waals surface area contributed by atoms with E-state index < -0.39 is 0 Å². The molecule has 0 heterocycles. The summed E-state index contributed by atoms with van der Waals surface area (Å²) in [6.45, 7) is 3.24. The van der Waals surface area contributed by atoms with E-state index in [9.17, 15) is 0 Å². The Balaban J connectivity index is 1.79. The molecule has 2 aliphatic rings. The summed E-state index contributed by atoms with van der Waals surface area (Å²) in [6.07, 6.45) is 11.1. The quantitative estimate of drug-likeness (QED) is 0.720. The van der Waals surface area contributed by atoms with Gasteiger partial charge in [0.25, 0.3) is 0 Å². The fourth-order valence-corrected chi connectivity index (χ4v) is 3.34. The Bertz CT molecular complexity index is 235. The van der Waals surface area contributed by atoms with E-state index in [0.29, 0.717) is 5.54 Å². The molecule has 18 heavy (non-hydrogen) atoms. The highest BCUT2D eigenvalue weighted by Gasteiger charge is 2.33. The summed E-state index contributed by atoms with van der Waals surface area (Å²) in [6, 6.07) is 0.859. The molecule has 0 amide bonds. The number of methoxy groups -OCH3 is 1. The van der Waals surface area contributed by atoms with Gasteiger partial charge in [-0.15, -0.1) is 0 Å². The van der Waals surface area contributed by atoms with Crippen molar-refractivity contribution in [3.63, 3.8) is 0 Å². The lowest BCUT2D eigenvalue weighted by Crippen LogP contribution is -2.47. The number of ether oxygens (including phenoxy) is 1. The van der Waals surface area contributed by atoms with Gasteiger partial charge in [-0.1, -0.05) is 19.3 Å². The number of nitrogens with one attached hydrogen (secondary N) is 1. The molecule has 2 saturated carbocycles. The Hall–Kier alpha value is -0.120. The summed E-state index contributed by atoms with van der Waals surface area (Å²) in [5, 5.41) is 3.63. The molecule has 2 rings (SSSR count). The van der Waals surface area contributed by atoms with Crippen LogP contribution in [-0.4, -0.2) is 50.3 Å². The van der Waals surface area contributed by atoms with Crippen LogP contribution < -0.4 is 5.32 Å². The van der Waals surface area contributed by atoms with Gasteiger partial charge in [-0.2, -0.15) is 0 Å². The molecule has 0 aromatic rings. The van der Waals surface area contributed by atoms with Crippen LogP contribution in [-0.2, 0) is 4.74 Å². The minimum Gasteiger partial charge on any atom is -0.383 e. The van der Waals surface area contributed by atoms with Crippen molar-refractivity contribution in [3.8, 4) is 0 Å². The van der Waals surface area contributed by atoms with Gasteiger partial charge in [0.15, 0.2) is 0 Å². The average Bonchev–Trinajstić information content (AvgIpc) is 3.24. The van der Waals surface area contributed by atoms with E-state index in [-0.39, 0.29) is 0 Å². The molecule has 0 spiro atoms. The lowest BCUT2D eigenvalue weighted by atomic mass is 9.79. The van der Waals surface area contributed by atoms with Crippen LogP contribution in [0, 0.1) is 0 Å². The Kier molecular flexibility index (Phi) is 5.46. The maximum absolute atomic E-state index is 5.24. The molecule has 2 aliphatic carbocycles. The SMILES string of the molecule is CNC1(CCN(CCOC)C2CC2)CCCCC1. The summed E-state index contributed by atoms with van der Waals surface area (Å²) < 4.78 is 5.24. The fourth-order valence-electron chi connectivity index (χ4n) is 3.34. The van der Waals surface area contributed by atoms with Crippen molar-refractivity contribution in [1.29, 1.82) is 0 Å². The van der Waals surface area contributed by atoms with Gasteiger partial charge in [0.1, 0.15) is 0 Å². The van der Waals surface area contributed by atoms with E-state index in [0.717, 1.165) is 19.2 Å². The predicted molar refractivity (Wildman–Crippen MR) is 76.0 cm³/mol. The van der Waals surface area contributed by atoms with E-state index in [2.05, 4.69) is 17.3 Å². The predicted octanol–water partition coefficient (Wildman–Crippen LogP) is 2.41. The van der Waals surface area contributed by atoms with Crippen LogP contribution in [0.25, 0.3) is 0 Å². The zero-order valence-electron chi connectivity index (χ0n) is 12.2. The molecule has 106 valence electrons. The van der Waals surface area contributed by atoms with Gasteiger partial charge >= 0.3 is 0 Å². The normalized spacial score (nSPS) is 23.5. The molecule has 3 heteroatoms. The summed E-state index contributed by atoms with van der Waals surface area (Å²) in [5.41, 5.74) is 0.429. The van der Waals surface area contributed by atoms with Gasteiger partial charge < -0.3 is 10.1 Å². The van der Waals surface area contributed by atoms with Crippen LogP contribution in [0.5, 0.6) is 0 Å². The fraction of sp³-hybridized carbons (Fsp3) is 1.00. The molecule has 0 bridgehead atoms. The maximum atomic E-state index is 5.24. The Morgan fingerprint density at radius 3 is 2.44 bits per heavy atom.